The minimum absolute atomic E-state index is 0.392. The third-order valence-corrected chi connectivity index (χ3v) is 4.69. The molecule has 0 heterocycles. The lowest BCUT2D eigenvalue weighted by Gasteiger charge is -2.28. The highest BCUT2D eigenvalue weighted by Crippen LogP contribution is 2.78. The molecule has 0 aromatic carbocycles. The monoisotopic (exact) mass is 176 g/mol. The third-order valence-electron chi connectivity index (χ3n) is 4.69. The van der Waals surface area contributed by atoms with Gasteiger partial charge in [-0.3, -0.25) is 0 Å². The molecule has 3 rings (SSSR count). The predicted octanol–water partition coefficient (Wildman–Crippen LogP) is 2.28. The van der Waals surface area contributed by atoms with Crippen LogP contribution in [0.3, 0.4) is 0 Å². The molecule has 1 fully saturated rings. The first-order valence-corrected chi connectivity index (χ1v) is 5.27. The molecule has 3 aliphatic rings. The van der Waals surface area contributed by atoms with Crippen LogP contribution in [0, 0.1) is 16.7 Å². The van der Waals surface area contributed by atoms with Gasteiger partial charge in [0.05, 0.1) is 0 Å². The van der Waals surface area contributed by atoms with Crippen LogP contribution >= 0.6 is 0 Å². The first-order chi connectivity index (χ1) is 6.36. The Hall–Kier alpha value is -0.560. The molecule has 3 aliphatic carbocycles. The lowest BCUT2D eigenvalue weighted by molar-refractivity contribution is 0.245. The van der Waals surface area contributed by atoms with Gasteiger partial charge in [-0.2, -0.15) is 0 Å². The van der Waals surface area contributed by atoms with Gasteiger partial charge in [-0.25, -0.2) is 0 Å². The van der Waals surface area contributed by atoms with E-state index in [1.807, 2.05) is 0 Å². The summed E-state index contributed by atoms with van der Waals surface area (Å²) < 4.78 is 0. The quantitative estimate of drug-likeness (QED) is 0.608. The molecule has 0 aromatic rings. The lowest BCUT2D eigenvalue weighted by atomic mass is 9.76. The SMILES string of the molecule is OCC1C23CC=CCC12CC=CC3. The number of rotatable bonds is 1. The summed E-state index contributed by atoms with van der Waals surface area (Å²) >= 11 is 0. The minimum Gasteiger partial charge on any atom is -0.396 e. The van der Waals surface area contributed by atoms with Crippen LogP contribution in [0.5, 0.6) is 0 Å². The highest BCUT2D eigenvalue weighted by Gasteiger charge is 2.74. The van der Waals surface area contributed by atoms with Crippen LogP contribution in [0.2, 0.25) is 0 Å². The predicted molar refractivity (Wildman–Crippen MR) is 52.2 cm³/mol. The molecular formula is C12H16O. The number of hydrogen-bond acceptors (Lipinski definition) is 1. The minimum atomic E-state index is 0.392. The van der Waals surface area contributed by atoms with Crippen molar-refractivity contribution in [2.75, 3.05) is 6.61 Å². The largest absolute Gasteiger partial charge is 0.396 e. The highest BCUT2D eigenvalue weighted by atomic mass is 16.3. The second kappa shape index (κ2) is 2.27. The maximum Gasteiger partial charge on any atom is 0.0470 e. The molecular weight excluding hydrogens is 160 g/mol. The van der Waals surface area contributed by atoms with Gasteiger partial charge < -0.3 is 5.11 Å². The van der Waals surface area contributed by atoms with E-state index >= 15 is 0 Å². The summed E-state index contributed by atoms with van der Waals surface area (Å²) in [6, 6.07) is 0. The molecule has 0 bridgehead atoms. The second-order valence-corrected chi connectivity index (χ2v) is 4.81. The number of hydrogen-bond donors (Lipinski definition) is 1. The van der Waals surface area contributed by atoms with Crippen molar-refractivity contribution < 1.29 is 5.11 Å². The summed E-state index contributed by atoms with van der Waals surface area (Å²) in [5.74, 6) is 0.574. The van der Waals surface area contributed by atoms with E-state index in [1.54, 1.807) is 0 Å². The van der Waals surface area contributed by atoms with E-state index in [0.717, 1.165) is 0 Å². The normalized spacial score (nSPS) is 51.3. The van der Waals surface area contributed by atoms with Crippen molar-refractivity contribution in [2.45, 2.75) is 25.7 Å². The Labute approximate surface area is 79.2 Å². The maximum atomic E-state index is 9.40. The molecule has 70 valence electrons. The summed E-state index contributed by atoms with van der Waals surface area (Å²) in [4.78, 5) is 0. The van der Waals surface area contributed by atoms with Gasteiger partial charge in [-0.1, -0.05) is 24.3 Å². The Kier molecular flexibility index (Phi) is 1.36. The Morgan fingerprint density at radius 3 is 1.62 bits per heavy atom. The molecule has 0 saturated heterocycles. The van der Waals surface area contributed by atoms with Crippen molar-refractivity contribution in [1.29, 1.82) is 0 Å². The van der Waals surface area contributed by atoms with Gasteiger partial charge in [0.15, 0.2) is 0 Å². The standard InChI is InChI=1S/C12H16O/c13-9-10-11-5-1-2-6-12(10,11)8-4-3-7-11/h1-4,10,13H,5-9H2. The van der Waals surface area contributed by atoms with Crippen molar-refractivity contribution >= 4 is 0 Å². The fourth-order valence-electron chi connectivity index (χ4n) is 3.91. The van der Waals surface area contributed by atoms with Crippen molar-refractivity contribution in [3.8, 4) is 0 Å². The molecule has 0 radical (unpaired) electrons. The Bertz CT molecular complexity index is 243. The molecule has 13 heavy (non-hydrogen) atoms. The molecule has 0 spiro atoms. The smallest absolute Gasteiger partial charge is 0.0470 e. The first kappa shape index (κ1) is 7.81. The van der Waals surface area contributed by atoms with Crippen molar-refractivity contribution in [1.82, 2.24) is 0 Å². The van der Waals surface area contributed by atoms with E-state index in [0.29, 0.717) is 23.4 Å². The maximum absolute atomic E-state index is 9.40. The molecule has 0 atom stereocenters. The van der Waals surface area contributed by atoms with Crippen LogP contribution in [0.4, 0.5) is 0 Å². The zero-order chi connectivity index (χ0) is 8.94. The van der Waals surface area contributed by atoms with E-state index in [1.165, 1.54) is 25.7 Å². The highest BCUT2D eigenvalue weighted by molar-refractivity contribution is 5.32. The molecule has 1 nitrogen and oxygen atoms in total. The van der Waals surface area contributed by atoms with E-state index in [2.05, 4.69) is 24.3 Å². The Morgan fingerprint density at radius 1 is 0.923 bits per heavy atom. The number of aliphatic hydroxyl groups is 1. The zero-order valence-electron chi connectivity index (χ0n) is 7.87. The van der Waals surface area contributed by atoms with Gasteiger partial charge in [-0.05, 0) is 42.4 Å². The van der Waals surface area contributed by atoms with Gasteiger partial charge in [0, 0.05) is 6.61 Å². The molecule has 1 saturated carbocycles. The average molecular weight is 176 g/mol. The van der Waals surface area contributed by atoms with E-state index in [-0.39, 0.29) is 0 Å². The van der Waals surface area contributed by atoms with Crippen molar-refractivity contribution in [3.05, 3.63) is 24.3 Å². The number of aliphatic hydroxyl groups excluding tert-OH is 1. The molecule has 1 heteroatoms. The van der Waals surface area contributed by atoms with Crippen molar-refractivity contribution in [2.24, 2.45) is 16.7 Å². The summed E-state index contributed by atoms with van der Waals surface area (Å²) in [5, 5.41) is 9.40. The molecule has 1 N–H and O–H groups in total. The zero-order valence-corrected chi connectivity index (χ0v) is 7.87. The van der Waals surface area contributed by atoms with Gasteiger partial charge in [-0.15, -0.1) is 0 Å². The van der Waals surface area contributed by atoms with Crippen molar-refractivity contribution in [3.63, 3.8) is 0 Å². The van der Waals surface area contributed by atoms with E-state index < -0.39 is 0 Å². The molecule has 0 aliphatic heterocycles. The fraction of sp³-hybridized carbons (Fsp3) is 0.667. The lowest BCUT2D eigenvalue weighted by Crippen LogP contribution is -2.17. The number of allylic oxidation sites excluding steroid dienone is 4. The van der Waals surface area contributed by atoms with Crippen LogP contribution in [0.25, 0.3) is 0 Å². The van der Waals surface area contributed by atoms with Gasteiger partial charge in [0.1, 0.15) is 0 Å². The van der Waals surface area contributed by atoms with Gasteiger partial charge in [0.2, 0.25) is 0 Å². The fourth-order valence-corrected chi connectivity index (χ4v) is 3.91. The summed E-state index contributed by atoms with van der Waals surface area (Å²) in [6.07, 6.45) is 14.0. The summed E-state index contributed by atoms with van der Waals surface area (Å²) in [6.45, 7) is 0.392. The van der Waals surface area contributed by atoms with E-state index in [4.69, 9.17) is 0 Å². The van der Waals surface area contributed by atoms with Crippen LogP contribution < -0.4 is 0 Å². The summed E-state index contributed by atoms with van der Waals surface area (Å²) in [7, 11) is 0. The average Bonchev–Trinajstić information content (AvgIpc) is 2.80. The van der Waals surface area contributed by atoms with Crippen LogP contribution in [0.1, 0.15) is 25.7 Å². The molecule has 0 unspecified atom stereocenters. The second-order valence-electron chi connectivity index (χ2n) is 4.81. The van der Waals surface area contributed by atoms with Crippen LogP contribution in [-0.2, 0) is 0 Å². The van der Waals surface area contributed by atoms with Crippen LogP contribution in [0.15, 0.2) is 24.3 Å². The third kappa shape index (κ3) is 0.690. The Morgan fingerprint density at radius 2 is 1.31 bits per heavy atom. The molecule has 0 amide bonds. The molecule has 0 aromatic heterocycles. The van der Waals surface area contributed by atoms with E-state index in [9.17, 15) is 5.11 Å². The summed E-state index contributed by atoms with van der Waals surface area (Å²) in [5.41, 5.74) is 0.927. The van der Waals surface area contributed by atoms with Gasteiger partial charge in [0.25, 0.3) is 0 Å². The topological polar surface area (TPSA) is 20.2 Å². The van der Waals surface area contributed by atoms with Crippen LogP contribution in [-0.4, -0.2) is 11.7 Å². The Balaban J connectivity index is 2.01. The van der Waals surface area contributed by atoms with Gasteiger partial charge >= 0.3 is 0 Å². The first-order valence-electron chi connectivity index (χ1n) is 5.27.